The lowest BCUT2D eigenvalue weighted by molar-refractivity contribution is 0.0996. The molecule has 1 aromatic carbocycles. The van der Waals surface area contributed by atoms with E-state index in [1.54, 1.807) is 25.7 Å². The molecule has 0 atom stereocenters. The van der Waals surface area contributed by atoms with E-state index in [-0.39, 0.29) is 17.5 Å². The molecule has 3 aromatic heterocycles. The summed E-state index contributed by atoms with van der Waals surface area (Å²) in [6, 6.07) is 10.9. The van der Waals surface area contributed by atoms with Gasteiger partial charge in [0.15, 0.2) is 11.6 Å². The summed E-state index contributed by atoms with van der Waals surface area (Å²) in [5, 5.41) is 2.68. The Hall–Kier alpha value is -3.94. The minimum atomic E-state index is -0.632. The summed E-state index contributed by atoms with van der Waals surface area (Å²) in [5.41, 5.74) is 2.76. The minimum Gasteiger partial charge on any atom is -0.497 e. The quantitative estimate of drug-likeness (QED) is 0.410. The fraction of sp³-hybridized carbons (Fsp3) is 0.240. The van der Waals surface area contributed by atoms with Gasteiger partial charge in [-0.15, -0.1) is 0 Å². The van der Waals surface area contributed by atoms with Crippen molar-refractivity contribution in [3.63, 3.8) is 0 Å². The van der Waals surface area contributed by atoms with Crippen molar-refractivity contribution in [1.82, 2.24) is 14.5 Å². The Morgan fingerprint density at radius 1 is 1.18 bits per heavy atom. The second-order valence-electron chi connectivity index (χ2n) is 7.99. The zero-order chi connectivity index (χ0) is 22.8. The van der Waals surface area contributed by atoms with Gasteiger partial charge in [-0.2, -0.15) is 0 Å². The van der Waals surface area contributed by atoms with Gasteiger partial charge in [0.05, 0.1) is 43.0 Å². The van der Waals surface area contributed by atoms with Crippen LogP contribution in [0, 0.1) is 5.82 Å². The van der Waals surface area contributed by atoms with Crippen molar-refractivity contribution in [2.24, 2.45) is 0 Å². The van der Waals surface area contributed by atoms with Crippen LogP contribution in [-0.2, 0) is 0 Å². The number of hydrogen-bond acceptors (Lipinski definition) is 5. The number of ether oxygens (including phenoxy) is 1. The number of halogens is 1. The van der Waals surface area contributed by atoms with Gasteiger partial charge in [-0.05, 0) is 49.2 Å². The number of rotatable bonds is 6. The Morgan fingerprint density at radius 3 is 2.67 bits per heavy atom. The van der Waals surface area contributed by atoms with E-state index in [9.17, 15) is 4.79 Å². The Labute approximate surface area is 190 Å². The highest BCUT2D eigenvalue weighted by molar-refractivity contribution is 6.05. The second kappa shape index (κ2) is 8.90. The number of amides is 1. The number of furan rings is 1. The van der Waals surface area contributed by atoms with Crippen molar-refractivity contribution in [3.05, 3.63) is 73.0 Å². The molecule has 5 rings (SSSR count). The lowest BCUT2D eigenvalue weighted by Gasteiger charge is -2.19. The first-order valence-electron chi connectivity index (χ1n) is 10.9. The molecule has 1 aliphatic carbocycles. The van der Waals surface area contributed by atoms with Gasteiger partial charge in [-0.3, -0.25) is 9.78 Å². The predicted octanol–water partition coefficient (Wildman–Crippen LogP) is 5.72. The maximum absolute atomic E-state index is 15.0. The Bertz CT molecular complexity index is 1260. The van der Waals surface area contributed by atoms with E-state index in [1.165, 1.54) is 12.3 Å². The molecule has 8 heteroatoms. The highest BCUT2D eigenvalue weighted by atomic mass is 19.1. The third-order valence-electron chi connectivity index (χ3n) is 6.01. The maximum atomic E-state index is 15.0. The average molecular weight is 446 g/mol. The van der Waals surface area contributed by atoms with Crippen molar-refractivity contribution in [3.8, 4) is 28.3 Å². The molecule has 3 heterocycles. The first-order valence-corrected chi connectivity index (χ1v) is 10.9. The number of pyridine rings is 1. The van der Waals surface area contributed by atoms with Crippen LogP contribution in [-0.4, -0.2) is 27.6 Å². The van der Waals surface area contributed by atoms with Gasteiger partial charge in [-0.1, -0.05) is 12.8 Å². The molecule has 0 radical (unpaired) electrons. The molecule has 4 aromatic rings. The largest absolute Gasteiger partial charge is 0.497 e. The molecule has 0 spiro atoms. The van der Waals surface area contributed by atoms with Crippen molar-refractivity contribution in [1.29, 1.82) is 0 Å². The van der Waals surface area contributed by atoms with Crippen molar-refractivity contribution >= 4 is 11.6 Å². The van der Waals surface area contributed by atoms with Gasteiger partial charge >= 0.3 is 0 Å². The number of anilines is 1. The van der Waals surface area contributed by atoms with Crippen LogP contribution in [0.2, 0.25) is 0 Å². The normalized spacial score (nSPS) is 13.9. The van der Waals surface area contributed by atoms with E-state index in [1.807, 2.05) is 24.3 Å². The molecule has 1 amide bonds. The van der Waals surface area contributed by atoms with Crippen LogP contribution in [0.1, 0.15) is 42.3 Å². The smallest absolute Gasteiger partial charge is 0.291 e. The van der Waals surface area contributed by atoms with Crippen LogP contribution in [0.15, 0.2) is 65.8 Å². The fourth-order valence-electron chi connectivity index (χ4n) is 4.37. The van der Waals surface area contributed by atoms with Gasteiger partial charge in [0.25, 0.3) is 5.91 Å². The van der Waals surface area contributed by atoms with Crippen LogP contribution in [0.3, 0.4) is 0 Å². The van der Waals surface area contributed by atoms with Gasteiger partial charge in [0.2, 0.25) is 0 Å². The SMILES string of the molecule is COc1ccc(-c2ncn(C3CCCC3)c2-c2cncc(F)c2NC(=O)c2ccco2)cc1. The van der Waals surface area contributed by atoms with Crippen LogP contribution in [0.4, 0.5) is 10.1 Å². The van der Waals surface area contributed by atoms with Gasteiger partial charge in [-0.25, -0.2) is 9.37 Å². The van der Waals surface area contributed by atoms with E-state index in [0.717, 1.165) is 43.2 Å². The number of benzene rings is 1. The van der Waals surface area contributed by atoms with Crippen LogP contribution < -0.4 is 10.1 Å². The summed E-state index contributed by atoms with van der Waals surface area (Å²) in [6.45, 7) is 0. The van der Waals surface area contributed by atoms with Crippen molar-refractivity contribution in [2.75, 3.05) is 12.4 Å². The van der Waals surface area contributed by atoms with Gasteiger partial charge < -0.3 is 19.0 Å². The molecule has 0 saturated heterocycles. The summed E-state index contributed by atoms with van der Waals surface area (Å²) in [4.78, 5) is 21.5. The molecule has 1 N–H and O–H groups in total. The van der Waals surface area contributed by atoms with E-state index in [4.69, 9.17) is 14.1 Å². The molecule has 0 aliphatic heterocycles. The summed E-state index contributed by atoms with van der Waals surface area (Å²) in [7, 11) is 1.61. The average Bonchev–Trinajstić information content (AvgIpc) is 3.62. The summed E-state index contributed by atoms with van der Waals surface area (Å²) in [6.07, 6.45) is 10.1. The number of imidazole rings is 1. The zero-order valence-electron chi connectivity index (χ0n) is 18.1. The number of hydrogen-bond donors (Lipinski definition) is 1. The van der Waals surface area contributed by atoms with Crippen LogP contribution in [0.5, 0.6) is 5.75 Å². The lowest BCUT2D eigenvalue weighted by Crippen LogP contribution is -2.14. The standard InChI is InChI=1S/C25H23FN4O3/c1-32-18-10-8-16(9-11-18)22-24(30(15-28-22)17-5-2-3-6-17)19-13-27-14-20(26)23(19)29-25(31)21-7-4-12-33-21/h4,7-15,17H,2-3,5-6H2,1H3,(H,27,29,31). The monoisotopic (exact) mass is 446 g/mol. The Kier molecular flexibility index (Phi) is 5.64. The minimum absolute atomic E-state index is 0.0425. The number of carbonyl (C=O) groups excluding carboxylic acids is 1. The number of carbonyl (C=O) groups is 1. The molecule has 33 heavy (non-hydrogen) atoms. The lowest BCUT2D eigenvalue weighted by atomic mass is 10.0. The molecule has 168 valence electrons. The number of nitrogens with one attached hydrogen (secondary N) is 1. The molecule has 0 unspecified atom stereocenters. The highest BCUT2D eigenvalue weighted by Gasteiger charge is 2.27. The summed E-state index contributed by atoms with van der Waals surface area (Å²) >= 11 is 0. The second-order valence-corrected chi connectivity index (χ2v) is 7.99. The Balaban J connectivity index is 1.65. The Morgan fingerprint density at radius 2 is 1.97 bits per heavy atom. The number of nitrogens with zero attached hydrogens (tertiary/aromatic N) is 3. The van der Waals surface area contributed by atoms with Crippen LogP contribution >= 0.6 is 0 Å². The number of aromatic nitrogens is 3. The first-order chi connectivity index (χ1) is 16.2. The molecule has 7 nitrogen and oxygen atoms in total. The van der Waals surface area contributed by atoms with Gasteiger partial charge in [0.1, 0.15) is 5.75 Å². The molecule has 1 saturated carbocycles. The van der Waals surface area contributed by atoms with E-state index in [0.29, 0.717) is 17.0 Å². The molecule has 1 fully saturated rings. The van der Waals surface area contributed by atoms with Crippen molar-refractivity contribution in [2.45, 2.75) is 31.7 Å². The molecular formula is C25H23FN4O3. The molecular weight excluding hydrogens is 423 g/mol. The molecule has 1 aliphatic rings. The topological polar surface area (TPSA) is 82.2 Å². The predicted molar refractivity (Wildman–Crippen MR) is 122 cm³/mol. The van der Waals surface area contributed by atoms with E-state index in [2.05, 4.69) is 14.9 Å². The highest BCUT2D eigenvalue weighted by Crippen LogP contribution is 2.41. The van der Waals surface area contributed by atoms with Crippen molar-refractivity contribution < 1.29 is 18.3 Å². The third kappa shape index (κ3) is 4.00. The van der Waals surface area contributed by atoms with E-state index < -0.39 is 11.7 Å². The summed E-state index contributed by atoms with van der Waals surface area (Å²) in [5.74, 6) is -0.345. The van der Waals surface area contributed by atoms with Gasteiger partial charge in [0, 0.05) is 23.4 Å². The van der Waals surface area contributed by atoms with E-state index >= 15 is 4.39 Å². The number of methoxy groups -OCH3 is 1. The maximum Gasteiger partial charge on any atom is 0.291 e. The first kappa shape index (κ1) is 20.9. The zero-order valence-corrected chi connectivity index (χ0v) is 18.1. The fourth-order valence-corrected chi connectivity index (χ4v) is 4.37. The summed E-state index contributed by atoms with van der Waals surface area (Å²) < 4.78 is 27.6. The molecule has 0 bridgehead atoms. The third-order valence-corrected chi connectivity index (χ3v) is 6.01. The van der Waals surface area contributed by atoms with Crippen LogP contribution in [0.25, 0.3) is 22.5 Å².